The zero-order chi connectivity index (χ0) is 14.3. The molecule has 0 fully saturated rings. The number of hydrogen-bond donors (Lipinski definition) is 12. The summed E-state index contributed by atoms with van der Waals surface area (Å²) in [7, 11) is -8.67. The summed E-state index contributed by atoms with van der Waals surface area (Å²) in [4.78, 5) is 0. The summed E-state index contributed by atoms with van der Waals surface area (Å²) in [6, 6.07) is 0. The van der Waals surface area contributed by atoms with Gasteiger partial charge >= 0.3 is 29.3 Å². The second kappa shape index (κ2) is 25.7. The van der Waals surface area contributed by atoms with Gasteiger partial charge in [-0.05, 0) is 0 Å². The van der Waals surface area contributed by atoms with Gasteiger partial charge in [-0.3, -0.25) is 0 Å². The third-order valence-electron chi connectivity index (χ3n) is 0. The normalized spacial score (nSPS) is 6.35. The van der Waals surface area contributed by atoms with E-state index in [9.17, 15) is 0 Å². The monoisotopic (exact) mass is 387 g/mol. The van der Waals surface area contributed by atoms with Crippen molar-refractivity contribution in [1.82, 2.24) is 0 Å². The first-order valence-corrected chi connectivity index (χ1v) is 3.10. The van der Waals surface area contributed by atoms with E-state index in [1.165, 1.54) is 0 Å². The standard InChI is InChI=1S/4BH3O3.La/c4*2-1(3)4;/h4*2-4H;. The zero-order valence-electron chi connectivity index (χ0n) is 8.25. The Morgan fingerprint density at radius 3 is 0.294 bits per heavy atom. The van der Waals surface area contributed by atoms with Gasteiger partial charge in [0.05, 0.1) is 0 Å². The van der Waals surface area contributed by atoms with Crippen LogP contribution in [-0.4, -0.2) is 89.6 Å². The van der Waals surface area contributed by atoms with Crippen molar-refractivity contribution < 1.29 is 95.9 Å². The molecule has 0 atom stereocenters. The van der Waals surface area contributed by atoms with Crippen LogP contribution in [0.5, 0.6) is 0 Å². The van der Waals surface area contributed by atoms with Crippen LogP contribution in [0.25, 0.3) is 0 Å². The van der Waals surface area contributed by atoms with Gasteiger partial charge in [0.2, 0.25) is 0 Å². The fraction of sp³-hybridized carbons (Fsp3) is 0. The maximum absolute atomic E-state index is 7.17. The van der Waals surface area contributed by atoms with Gasteiger partial charge in [-0.15, -0.1) is 0 Å². The molecule has 1 radical (unpaired) electrons. The zero-order valence-corrected chi connectivity index (χ0v) is 11.9. The molecule has 0 saturated carbocycles. The summed E-state index contributed by atoms with van der Waals surface area (Å²) in [5.74, 6) is 0. The van der Waals surface area contributed by atoms with E-state index in [2.05, 4.69) is 0 Å². The number of hydrogen-bond acceptors (Lipinski definition) is 12. The Hall–Kier alpha value is 0.975. The Labute approximate surface area is 125 Å². The molecule has 99 valence electrons. The van der Waals surface area contributed by atoms with E-state index in [0.29, 0.717) is 0 Å². The molecule has 0 aliphatic rings. The van der Waals surface area contributed by atoms with Crippen LogP contribution in [0, 0.1) is 35.6 Å². The molecular weight excluding hydrogens is 374 g/mol. The molecule has 0 aliphatic heterocycles. The Balaban J connectivity index is -0.0000000369. The van der Waals surface area contributed by atoms with Crippen LogP contribution in [0.2, 0.25) is 0 Å². The van der Waals surface area contributed by atoms with Crippen LogP contribution < -0.4 is 0 Å². The second-order valence-corrected chi connectivity index (χ2v) is 1.39. The smallest absolute Gasteiger partial charge is 0.402 e. The topological polar surface area (TPSA) is 243 Å². The van der Waals surface area contributed by atoms with E-state index < -0.39 is 29.3 Å². The summed E-state index contributed by atoms with van der Waals surface area (Å²) >= 11 is 0. The van der Waals surface area contributed by atoms with E-state index in [4.69, 9.17) is 60.3 Å². The van der Waals surface area contributed by atoms with Gasteiger partial charge in [0.1, 0.15) is 0 Å². The molecule has 12 N–H and O–H groups in total. The first-order valence-electron chi connectivity index (χ1n) is 3.10. The molecule has 0 spiro atoms. The largest absolute Gasteiger partial charge is 0.631 e. The van der Waals surface area contributed by atoms with Gasteiger partial charge < -0.3 is 60.3 Å². The minimum absolute atomic E-state index is 0. The minimum atomic E-state index is -2.17. The molecule has 0 aliphatic carbocycles. The van der Waals surface area contributed by atoms with Crippen molar-refractivity contribution in [3.63, 3.8) is 0 Å². The maximum Gasteiger partial charge on any atom is 0.631 e. The molecule has 0 amide bonds. The molecule has 0 unspecified atom stereocenters. The summed E-state index contributed by atoms with van der Waals surface area (Å²) < 4.78 is 0. The molecule has 0 saturated heterocycles. The van der Waals surface area contributed by atoms with Crippen molar-refractivity contribution in [2.45, 2.75) is 0 Å². The average Bonchev–Trinajstić information content (AvgIpc) is 1.76. The fourth-order valence-electron chi connectivity index (χ4n) is 0. The minimum Gasteiger partial charge on any atom is -0.402 e. The van der Waals surface area contributed by atoms with Crippen molar-refractivity contribution in [3.8, 4) is 0 Å². The van der Waals surface area contributed by atoms with E-state index in [1.54, 1.807) is 0 Å². The molecule has 0 aromatic rings. The molecule has 0 heterocycles. The predicted molar refractivity (Wildman–Crippen MR) is 49.6 cm³/mol. The van der Waals surface area contributed by atoms with Gasteiger partial charge in [-0.1, -0.05) is 0 Å². The SMILES string of the molecule is OB(O)O.OB(O)O.OB(O)O.OB(O)O.[La]. The van der Waals surface area contributed by atoms with Crippen molar-refractivity contribution in [3.05, 3.63) is 0 Å². The van der Waals surface area contributed by atoms with E-state index in [0.717, 1.165) is 0 Å². The summed E-state index contributed by atoms with van der Waals surface area (Å²) in [5, 5.41) is 86.0. The molecule has 0 aromatic carbocycles. The van der Waals surface area contributed by atoms with Gasteiger partial charge in [-0.2, -0.15) is 0 Å². The van der Waals surface area contributed by atoms with Crippen molar-refractivity contribution >= 4 is 29.3 Å². The number of rotatable bonds is 0. The van der Waals surface area contributed by atoms with E-state index >= 15 is 0 Å². The van der Waals surface area contributed by atoms with Gasteiger partial charge in [-0.25, -0.2) is 0 Å². The Morgan fingerprint density at radius 2 is 0.294 bits per heavy atom. The van der Waals surface area contributed by atoms with E-state index in [1.807, 2.05) is 0 Å². The van der Waals surface area contributed by atoms with Crippen molar-refractivity contribution in [2.24, 2.45) is 0 Å². The molecule has 0 rings (SSSR count). The second-order valence-electron chi connectivity index (χ2n) is 1.39. The molecule has 12 nitrogen and oxygen atoms in total. The van der Waals surface area contributed by atoms with Crippen LogP contribution in [-0.2, 0) is 0 Å². The van der Waals surface area contributed by atoms with Gasteiger partial charge in [0.15, 0.2) is 0 Å². The van der Waals surface area contributed by atoms with Gasteiger partial charge in [0, 0.05) is 35.6 Å². The maximum atomic E-state index is 7.17. The fourth-order valence-corrected chi connectivity index (χ4v) is 0. The van der Waals surface area contributed by atoms with E-state index in [-0.39, 0.29) is 35.6 Å². The first kappa shape index (κ1) is 30.8. The Bertz CT molecular complexity index is 61.5. The van der Waals surface area contributed by atoms with Crippen LogP contribution in [0.15, 0.2) is 0 Å². The van der Waals surface area contributed by atoms with Crippen LogP contribution in [0.1, 0.15) is 0 Å². The Morgan fingerprint density at radius 1 is 0.294 bits per heavy atom. The Kier molecular flexibility index (Phi) is 46.6. The third kappa shape index (κ3) is 4010. The average molecular weight is 386 g/mol. The molecule has 0 bridgehead atoms. The first-order chi connectivity index (χ1) is 6.93. The van der Waals surface area contributed by atoms with Crippen LogP contribution >= 0.6 is 0 Å². The summed E-state index contributed by atoms with van der Waals surface area (Å²) in [6.07, 6.45) is 0. The van der Waals surface area contributed by atoms with Crippen molar-refractivity contribution in [2.75, 3.05) is 0 Å². The van der Waals surface area contributed by atoms with Gasteiger partial charge in [0.25, 0.3) is 0 Å². The van der Waals surface area contributed by atoms with Crippen LogP contribution in [0.3, 0.4) is 0 Å². The predicted octanol–water partition coefficient (Wildman–Crippen LogP) is -8.21. The van der Waals surface area contributed by atoms with Crippen LogP contribution in [0.4, 0.5) is 0 Å². The molecular formula is H12B4LaO12. The molecule has 0 aromatic heterocycles. The molecule has 17 heteroatoms. The summed E-state index contributed by atoms with van der Waals surface area (Å²) in [6.45, 7) is 0. The van der Waals surface area contributed by atoms with Crippen molar-refractivity contribution in [1.29, 1.82) is 0 Å². The molecule has 17 heavy (non-hydrogen) atoms. The third-order valence-corrected chi connectivity index (χ3v) is 0. The summed E-state index contributed by atoms with van der Waals surface area (Å²) in [5.41, 5.74) is 0. The quantitative estimate of drug-likeness (QED) is 0.174.